The van der Waals surface area contributed by atoms with Crippen molar-refractivity contribution in [3.8, 4) is 0 Å². The maximum Gasteiger partial charge on any atom is 0.381 e. The molecule has 0 aliphatic heterocycles. The lowest BCUT2D eigenvalue weighted by Crippen LogP contribution is -2.56. The van der Waals surface area contributed by atoms with Gasteiger partial charge in [0.1, 0.15) is 0 Å². The lowest BCUT2D eigenvalue weighted by Gasteiger charge is -2.30. The normalized spacial score (nSPS) is 14.2. The van der Waals surface area contributed by atoms with Gasteiger partial charge in [-0.1, -0.05) is 0 Å². The molecule has 0 spiro atoms. The largest absolute Gasteiger partial charge is 0.381 e. The van der Waals surface area contributed by atoms with E-state index in [1.54, 1.807) is 0 Å². The van der Waals surface area contributed by atoms with Crippen LogP contribution in [0.5, 0.6) is 0 Å². The third-order valence-corrected chi connectivity index (χ3v) is 1.40. The fourth-order valence-electron chi connectivity index (χ4n) is 0.587. The minimum absolute atomic E-state index is 1.80. The maximum atomic E-state index is 12.2. The molecule has 0 radical (unpaired) electrons. The van der Waals surface area contributed by atoms with Crippen molar-refractivity contribution in [2.24, 2.45) is 0 Å². The van der Waals surface area contributed by atoms with E-state index in [0.29, 0.717) is 0 Å². The van der Waals surface area contributed by atoms with Gasteiger partial charge in [0.25, 0.3) is 6.08 Å². The Morgan fingerprint density at radius 1 is 0.875 bits per heavy atom. The molecule has 0 saturated heterocycles. The zero-order chi connectivity index (χ0) is 13.4. The Morgan fingerprint density at radius 2 is 1.25 bits per heavy atom. The van der Waals surface area contributed by atoms with E-state index >= 15 is 0 Å². The summed E-state index contributed by atoms with van der Waals surface area (Å²) in [5.41, 5.74) is 0. The second-order valence-corrected chi connectivity index (χ2v) is 2.56. The quantitative estimate of drug-likeness (QED) is 0.674. The highest BCUT2D eigenvalue weighted by Gasteiger charge is 2.74. The van der Waals surface area contributed by atoms with Gasteiger partial charge in [-0.25, -0.2) is 8.78 Å². The third kappa shape index (κ3) is 2.40. The predicted octanol–water partition coefficient (Wildman–Crippen LogP) is 3.94. The van der Waals surface area contributed by atoms with E-state index < -0.39 is 36.3 Å². The molecule has 0 aromatic heterocycles. The van der Waals surface area contributed by atoms with E-state index in [-0.39, 0.29) is 0 Å². The summed E-state index contributed by atoms with van der Waals surface area (Å²) < 4.78 is 118. The highest BCUT2D eigenvalue weighted by atomic mass is 19.4. The monoisotopic (exact) mass is 264 g/mol. The van der Waals surface area contributed by atoms with Crippen LogP contribution in [0.25, 0.3) is 0 Å². The predicted molar refractivity (Wildman–Crippen MR) is 31.1 cm³/mol. The molecule has 0 aromatic carbocycles. The van der Waals surface area contributed by atoms with Gasteiger partial charge >= 0.3 is 24.2 Å². The van der Waals surface area contributed by atoms with Gasteiger partial charge in [-0.2, -0.15) is 35.1 Å². The van der Waals surface area contributed by atoms with Crippen molar-refractivity contribution < 1.29 is 43.9 Å². The molecule has 0 bridgehead atoms. The van der Waals surface area contributed by atoms with E-state index in [1.807, 2.05) is 0 Å². The molecule has 0 unspecified atom stereocenters. The van der Waals surface area contributed by atoms with Gasteiger partial charge in [0.05, 0.1) is 6.08 Å². The molecule has 16 heavy (non-hydrogen) atoms. The van der Waals surface area contributed by atoms with Crippen molar-refractivity contribution in [1.29, 1.82) is 0 Å². The molecule has 96 valence electrons. The van der Waals surface area contributed by atoms with Gasteiger partial charge in [-0.15, -0.1) is 0 Å². The molecular weight excluding hydrogens is 262 g/mol. The molecule has 0 atom stereocenters. The number of hydrogen-bond donors (Lipinski definition) is 0. The minimum Gasteiger partial charge on any atom is -0.203 e. The Balaban J connectivity index is 5.43. The molecule has 0 rings (SSSR count). The van der Waals surface area contributed by atoms with Crippen LogP contribution in [-0.4, -0.2) is 24.2 Å². The first-order chi connectivity index (χ1) is 6.86. The van der Waals surface area contributed by atoms with E-state index in [4.69, 9.17) is 0 Å². The Hall–Kier alpha value is -0.960. The van der Waals surface area contributed by atoms with Gasteiger partial charge in [0.15, 0.2) is 0 Å². The fourth-order valence-corrected chi connectivity index (χ4v) is 0.587. The second kappa shape index (κ2) is 4.13. The average Bonchev–Trinajstić information content (AvgIpc) is 2.00. The van der Waals surface area contributed by atoms with Crippen molar-refractivity contribution in [1.82, 2.24) is 0 Å². The van der Waals surface area contributed by atoms with Crippen LogP contribution in [0, 0.1) is 0 Å². The Kier molecular flexibility index (Phi) is 3.88. The van der Waals surface area contributed by atoms with Gasteiger partial charge in [0, 0.05) is 0 Å². The molecule has 0 nitrogen and oxygen atoms in total. The van der Waals surface area contributed by atoms with E-state index in [2.05, 4.69) is 0 Å². The SMILES string of the molecule is FC(F)=CC(F)(F)C(F)(F)C(F)(F)C(F)F. The number of rotatable bonds is 4. The molecule has 0 aliphatic rings. The van der Waals surface area contributed by atoms with Crippen LogP contribution in [0.3, 0.4) is 0 Å². The second-order valence-electron chi connectivity index (χ2n) is 2.56. The van der Waals surface area contributed by atoms with Crippen molar-refractivity contribution in [2.75, 3.05) is 0 Å². The zero-order valence-electron chi connectivity index (χ0n) is 6.93. The number of allylic oxidation sites excluding steroid dienone is 1. The molecule has 0 heterocycles. The lowest BCUT2D eigenvalue weighted by atomic mass is 10.1. The van der Waals surface area contributed by atoms with Gasteiger partial charge < -0.3 is 0 Å². The highest BCUT2D eigenvalue weighted by Crippen LogP contribution is 2.49. The zero-order valence-corrected chi connectivity index (χ0v) is 6.93. The molecule has 0 saturated carbocycles. The van der Waals surface area contributed by atoms with Crippen LogP contribution in [0.4, 0.5) is 43.9 Å². The minimum atomic E-state index is -6.63. The molecule has 10 heteroatoms. The van der Waals surface area contributed by atoms with Gasteiger partial charge in [-0.3, -0.25) is 0 Å². The first-order valence-corrected chi connectivity index (χ1v) is 3.31. The van der Waals surface area contributed by atoms with Gasteiger partial charge in [0.2, 0.25) is 0 Å². The highest BCUT2D eigenvalue weighted by molar-refractivity contribution is 5.09. The van der Waals surface area contributed by atoms with Crippen LogP contribution in [0.1, 0.15) is 0 Å². The maximum absolute atomic E-state index is 12.2. The summed E-state index contributed by atoms with van der Waals surface area (Å²) in [6.45, 7) is 0. The lowest BCUT2D eigenvalue weighted by molar-refractivity contribution is -0.325. The smallest absolute Gasteiger partial charge is 0.203 e. The van der Waals surface area contributed by atoms with E-state index in [0.717, 1.165) is 0 Å². The van der Waals surface area contributed by atoms with E-state index in [9.17, 15) is 43.9 Å². The number of alkyl halides is 8. The Bertz CT molecular complexity index is 273. The first kappa shape index (κ1) is 15.0. The molecule has 0 aliphatic carbocycles. The van der Waals surface area contributed by atoms with Gasteiger partial charge in [-0.05, 0) is 0 Å². The molecule has 0 N–H and O–H groups in total. The summed E-state index contributed by atoms with van der Waals surface area (Å²) in [5.74, 6) is -19.1. The summed E-state index contributed by atoms with van der Waals surface area (Å²) in [6.07, 6.45) is -10.3. The summed E-state index contributed by atoms with van der Waals surface area (Å²) in [6, 6.07) is 0. The van der Waals surface area contributed by atoms with E-state index in [1.165, 1.54) is 0 Å². The summed E-state index contributed by atoms with van der Waals surface area (Å²) in [4.78, 5) is 0. The van der Waals surface area contributed by atoms with Crippen molar-refractivity contribution in [2.45, 2.75) is 24.2 Å². The Morgan fingerprint density at radius 3 is 1.50 bits per heavy atom. The number of hydrogen-bond acceptors (Lipinski definition) is 0. The third-order valence-electron chi connectivity index (χ3n) is 1.40. The van der Waals surface area contributed by atoms with Crippen molar-refractivity contribution in [3.05, 3.63) is 12.2 Å². The van der Waals surface area contributed by atoms with Crippen molar-refractivity contribution >= 4 is 0 Å². The van der Waals surface area contributed by atoms with Crippen LogP contribution in [0.2, 0.25) is 0 Å². The average molecular weight is 264 g/mol. The summed E-state index contributed by atoms with van der Waals surface area (Å²) >= 11 is 0. The topological polar surface area (TPSA) is 0 Å². The molecule has 0 fully saturated rings. The molecular formula is C6H2F10. The fraction of sp³-hybridized carbons (Fsp3) is 0.667. The van der Waals surface area contributed by atoms with Crippen molar-refractivity contribution in [3.63, 3.8) is 0 Å². The standard InChI is InChI=1S/C6H2F10/c7-2(8)1-4(11,12)6(15,16)5(13,14)3(9)10/h1,3H. The van der Waals surface area contributed by atoms with Crippen LogP contribution in [0.15, 0.2) is 12.2 Å². The summed E-state index contributed by atoms with van der Waals surface area (Å²) in [7, 11) is 0. The van der Waals surface area contributed by atoms with Crippen LogP contribution < -0.4 is 0 Å². The molecule has 0 amide bonds. The summed E-state index contributed by atoms with van der Waals surface area (Å²) in [5, 5.41) is 0. The number of halogens is 10. The van der Waals surface area contributed by atoms with Crippen LogP contribution in [-0.2, 0) is 0 Å². The van der Waals surface area contributed by atoms with Crippen LogP contribution >= 0.6 is 0 Å². The molecule has 0 aromatic rings. The Labute approximate surface area is 81.5 Å². The first-order valence-electron chi connectivity index (χ1n) is 3.31.